The highest BCUT2D eigenvalue weighted by atomic mass is 16.5. The van der Waals surface area contributed by atoms with Gasteiger partial charge in [0.25, 0.3) is 5.56 Å². The molecule has 0 spiro atoms. The molecule has 0 atom stereocenters. The van der Waals surface area contributed by atoms with Crippen LogP contribution in [0.2, 0.25) is 0 Å². The van der Waals surface area contributed by atoms with Crippen LogP contribution >= 0.6 is 0 Å². The minimum atomic E-state index is -0.0699. The van der Waals surface area contributed by atoms with Crippen molar-refractivity contribution in [1.29, 1.82) is 0 Å². The first kappa shape index (κ1) is 15.2. The van der Waals surface area contributed by atoms with E-state index >= 15 is 0 Å². The minimum Gasteiger partial charge on any atom is -0.497 e. The van der Waals surface area contributed by atoms with Crippen molar-refractivity contribution in [2.45, 2.75) is 20.4 Å². The molecule has 0 unspecified atom stereocenters. The molecule has 0 aliphatic carbocycles. The van der Waals surface area contributed by atoms with Crippen LogP contribution in [0.4, 0.5) is 5.69 Å². The number of methoxy groups -OCH3 is 1. The maximum atomic E-state index is 12.2. The van der Waals surface area contributed by atoms with Gasteiger partial charge in [-0.05, 0) is 61.4 Å². The summed E-state index contributed by atoms with van der Waals surface area (Å²) in [5.74, 6) is 0.776. The second kappa shape index (κ2) is 6.16. The summed E-state index contributed by atoms with van der Waals surface area (Å²) in [6, 6.07) is 13.8. The van der Waals surface area contributed by atoms with Crippen LogP contribution in [0, 0.1) is 13.8 Å². The second-order valence-electron chi connectivity index (χ2n) is 5.81. The summed E-state index contributed by atoms with van der Waals surface area (Å²) >= 11 is 0. The quantitative estimate of drug-likeness (QED) is 0.771. The number of pyridine rings is 1. The van der Waals surface area contributed by atoms with E-state index in [2.05, 4.69) is 42.3 Å². The highest BCUT2D eigenvalue weighted by Gasteiger charge is 2.05. The summed E-state index contributed by atoms with van der Waals surface area (Å²) in [4.78, 5) is 15.1. The van der Waals surface area contributed by atoms with E-state index in [-0.39, 0.29) is 5.56 Å². The van der Waals surface area contributed by atoms with Gasteiger partial charge in [-0.3, -0.25) is 4.79 Å². The van der Waals surface area contributed by atoms with E-state index in [9.17, 15) is 4.79 Å². The molecule has 23 heavy (non-hydrogen) atoms. The van der Waals surface area contributed by atoms with Crippen molar-refractivity contribution >= 4 is 16.6 Å². The maximum absolute atomic E-state index is 12.2. The molecule has 2 N–H and O–H groups in total. The molecule has 0 aliphatic rings. The normalized spacial score (nSPS) is 10.7. The number of anilines is 1. The number of benzene rings is 2. The van der Waals surface area contributed by atoms with Crippen molar-refractivity contribution in [2.24, 2.45) is 0 Å². The topological polar surface area (TPSA) is 54.1 Å². The van der Waals surface area contributed by atoms with Crippen LogP contribution in [0.15, 0.2) is 47.3 Å². The monoisotopic (exact) mass is 308 g/mol. The number of rotatable bonds is 4. The van der Waals surface area contributed by atoms with E-state index in [1.807, 2.05) is 24.3 Å². The lowest BCUT2D eigenvalue weighted by Gasteiger charge is -2.09. The van der Waals surface area contributed by atoms with E-state index in [0.29, 0.717) is 12.1 Å². The molecule has 4 nitrogen and oxygen atoms in total. The van der Waals surface area contributed by atoms with Gasteiger partial charge in [0, 0.05) is 28.7 Å². The first-order chi connectivity index (χ1) is 11.0. The van der Waals surface area contributed by atoms with Crippen LogP contribution in [-0.4, -0.2) is 12.1 Å². The lowest BCUT2D eigenvalue weighted by Crippen LogP contribution is -2.15. The smallest absolute Gasteiger partial charge is 0.253 e. The van der Waals surface area contributed by atoms with Crippen molar-refractivity contribution in [3.05, 3.63) is 69.5 Å². The van der Waals surface area contributed by atoms with Gasteiger partial charge in [0.05, 0.1) is 7.11 Å². The predicted octanol–water partition coefficient (Wildman–Crippen LogP) is 3.77. The van der Waals surface area contributed by atoms with Crippen molar-refractivity contribution in [1.82, 2.24) is 4.98 Å². The second-order valence-corrected chi connectivity index (χ2v) is 5.81. The summed E-state index contributed by atoms with van der Waals surface area (Å²) < 4.78 is 5.24. The maximum Gasteiger partial charge on any atom is 0.253 e. The van der Waals surface area contributed by atoms with Crippen LogP contribution in [0.5, 0.6) is 5.75 Å². The number of fused-ring (bicyclic) bond motifs is 1. The highest BCUT2D eigenvalue weighted by molar-refractivity contribution is 5.80. The number of H-pyrrole nitrogens is 1. The SMILES string of the molecule is COc1ccc2[nH]c(=O)c(CNc3cc(C)cc(C)c3)cc2c1. The molecule has 4 heteroatoms. The molecule has 3 rings (SSSR count). The van der Waals surface area contributed by atoms with Gasteiger partial charge in [0.15, 0.2) is 0 Å². The first-order valence-corrected chi connectivity index (χ1v) is 7.57. The van der Waals surface area contributed by atoms with Crippen molar-refractivity contribution in [2.75, 3.05) is 12.4 Å². The average Bonchev–Trinajstić information content (AvgIpc) is 2.51. The fourth-order valence-electron chi connectivity index (χ4n) is 2.76. The van der Waals surface area contributed by atoms with Gasteiger partial charge in [0.1, 0.15) is 5.75 Å². The van der Waals surface area contributed by atoms with Crippen LogP contribution in [0.1, 0.15) is 16.7 Å². The van der Waals surface area contributed by atoms with E-state index < -0.39 is 0 Å². The van der Waals surface area contributed by atoms with Crippen LogP contribution in [0.25, 0.3) is 10.9 Å². The Morgan fingerprint density at radius 2 is 1.78 bits per heavy atom. The van der Waals surface area contributed by atoms with E-state index in [4.69, 9.17) is 4.74 Å². The van der Waals surface area contributed by atoms with Crippen molar-refractivity contribution < 1.29 is 4.74 Å². The van der Waals surface area contributed by atoms with Crippen LogP contribution in [0.3, 0.4) is 0 Å². The van der Waals surface area contributed by atoms with Crippen LogP contribution < -0.4 is 15.6 Å². The third-order valence-electron chi connectivity index (χ3n) is 3.83. The molecular weight excluding hydrogens is 288 g/mol. The third kappa shape index (κ3) is 3.37. The summed E-state index contributed by atoms with van der Waals surface area (Å²) in [6.45, 7) is 4.60. The predicted molar refractivity (Wildman–Crippen MR) is 94.4 cm³/mol. The Hall–Kier alpha value is -2.75. The van der Waals surface area contributed by atoms with Crippen molar-refractivity contribution in [3.8, 4) is 5.75 Å². The molecule has 0 radical (unpaired) electrons. The van der Waals surface area contributed by atoms with Gasteiger partial charge in [-0.1, -0.05) is 6.07 Å². The van der Waals surface area contributed by atoms with Gasteiger partial charge in [-0.25, -0.2) is 0 Å². The molecule has 118 valence electrons. The number of aromatic nitrogens is 1. The largest absolute Gasteiger partial charge is 0.497 e. The standard InChI is InChI=1S/C19H20N2O2/c1-12-6-13(2)8-16(7-12)20-11-15-9-14-10-17(23-3)4-5-18(14)21-19(15)22/h4-10,20H,11H2,1-3H3,(H,21,22). The fourth-order valence-corrected chi connectivity index (χ4v) is 2.76. The van der Waals surface area contributed by atoms with E-state index in [1.165, 1.54) is 11.1 Å². The number of aryl methyl sites for hydroxylation is 2. The van der Waals surface area contributed by atoms with Gasteiger partial charge >= 0.3 is 0 Å². The molecular formula is C19H20N2O2. The Bertz CT molecular complexity index is 893. The zero-order valence-electron chi connectivity index (χ0n) is 13.6. The number of ether oxygens (including phenoxy) is 1. The van der Waals surface area contributed by atoms with Crippen molar-refractivity contribution in [3.63, 3.8) is 0 Å². The Balaban J connectivity index is 1.89. The molecule has 0 saturated heterocycles. The van der Waals surface area contributed by atoms with Gasteiger partial charge in [0.2, 0.25) is 0 Å². The molecule has 2 aromatic carbocycles. The summed E-state index contributed by atoms with van der Waals surface area (Å²) in [6.07, 6.45) is 0. The molecule has 0 saturated carbocycles. The number of hydrogen-bond acceptors (Lipinski definition) is 3. The lowest BCUT2D eigenvalue weighted by atomic mass is 10.1. The highest BCUT2D eigenvalue weighted by Crippen LogP contribution is 2.19. The Morgan fingerprint density at radius 1 is 1.04 bits per heavy atom. The Kier molecular flexibility index (Phi) is 4.06. The zero-order valence-corrected chi connectivity index (χ0v) is 13.6. The molecule has 0 fully saturated rings. The summed E-state index contributed by atoms with van der Waals surface area (Å²) in [7, 11) is 1.63. The minimum absolute atomic E-state index is 0.0699. The molecule has 1 aromatic heterocycles. The molecule has 0 amide bonds. The number of hydrogen-bond donors (Lipinski definition) is 2. The summed E-state index contributed by atoms with van der Waals surface area (Å²) in [5.41, 5.74) is 4.86. The lowest BCUT2D eigenvalue weighted by molar-refractivity contribution is 0.415. The molecule has 3 aromatic rings. The first-order valence-electron chi connectivity index (χ1n) is 7.57. The van der Waals surface area contributed by atoms with Gasteiger partial charge in [-0.15, -0.1) is 0 Å². The average molecular weight is 308 g/mol. The Morgan fingerprint density at radius 3 is 2.48 bits per heavy atom. The zero-order chi connectivity index (χ0) is 16.4. The molecule has 0 aliphatic heterocycles. The molecule has 1 heterocycles. The van der Waals surface area contributed by atoms with E-state index in [1.54, 1.807) is 7.11 Å². The summed E-state index contributed by atoms with van der Waals surface area (Å²) in [5, 5.41) is 4.28. The van der Waals surface area contributed by atoms with Crippen LogP contribution in [-0.2, 0) is 6.54 Å². The molecule has 0 bridgehead atoms. The van der Waals surface area contributed by atoms with Gasteiger partial charge in [-0.2, -0.15) is 0 Å². The number of aromatic amines is 1. The third-order valence-corrected chi connectivity index (χ3v) is 3.83. The number of nitrogens with one attached hydrogen (secondary N) is 2. The fraction of sp³-hybridized carbons (Fsp3) is 0.211. The van der Waals surface area contributed by atoms with Gasteiger partial charge < -0.3 is 15.0 Å². The van der Waals surface area contributed by atoms with E-state index in [0.717, 1.165) is 22.3 Å². The Labute approximate surface area is 135 Å².